The first-order chi connectivity index (χ1) is 10.5. The van der Waals surface area contributed by atoms with E-state index in [1.54, 1.807) is 13.0 Å². The minimum absolute atomic E-state index is 0.301. The van der Waals surface area contributed by atoms with Crippen molar-refractivity contribution < 1.29 is 14.6 Å². The highest BCUT2D eigenvalue weighted by molar-refractivity contribution is 7.14. The molecule has 0 amide bonds. The number of aliphatic hydroxyl groups excluding tert-OH is 1. The van der Waals surface area contributed by atoms with Gasteiger partial charge in [-0.3, -0.25) is 0 Å². The van der Waals surface area contributed by atoms with Crippen LogP contribution in [0.5, 0.6) is 0 Å². The molecule has 3 unspecified atom stereocenters. The molecule has 1 saturated heterocycles. The number of nitrogens with zero attached hydrogens (tertiary/aromatic N) is 1. The highest BCUT2D eigenvalue weighted by Gasteiger charge is 2.22. The molecule has 1 aromatic rings. The van der Waals surface area contributed by atoms with Gasteiger partial charge in [0.25, 0.3) is 0 Å². The molecule has 0 bridgehead atoms. The van der Waals surface area contributed by atoms with Gasteiger partial charge >= 0.3 is 5.97 Å². The van der Waals surface area contributed by atoms with Crippen molar-refractivity contribution in [2.75, 3.05) is 26.2 Å². The lowest BCUT2D eigenvalue weighted by Crippen LogP contribution is -2.39. The molecule has 1 aliphatic rings. The summed E-state index contributed by atoms with van der Waals surface area (Å²) in [5.41, 5.74) is 0. The number of carbonyl (C=O) groups is 1. The van der Waals surface area contributed by atoms with Crippen LogP contribution in [0.2, 0.25) is 0 Å². The number of hydrogen-bond acceptors (Lipinski definition) is 5. The predicted molar refractivity (Wildman–Crippen MR) is 89.2 cm³/mol. The highest BCUT2D eigenvalue weighted by Crippen LogP contribution is 2.27. The molecule has 5 heteroatoms. The molecule has 1 fully saturated rings. The van der Waals surface area contributed by atoms with Gasteiger partial charge in [0.2, 0.25) is 0 Å². The molecule has 0 saturated carbocycles. The number of likely N-dealkylation sites (tertiary alicyclic amines) is 1. The van der Waals surface area contributed by atoms with E-state index < -0.39 is 6.10 Å². The number of aliphatic hydroxyl groups is 1. The van der Waals surface area contributed by atoms with Gasteiger partial charge in [-0.1, -0.05) is 13.8 Å². The average molecular weight is 325 g/mol. The van der Waals surface area contributed by atoms with Gasteiger partial charge in [0.05, 0.1) is 12.7 Å². The molecule has 1 aromatic heterocycles. The molecule has 0 radical (unpaired) electrons. The average Bonchev–Trinajstić information content (AvgIpc) is 2.94. The zero-order valence-corrected chi connectivity index (χ0v) is 14.6. The number of hydrogen-bond donors (Lipinski definition) is 1. The second-order valence-corrected chi connectivity index (χ2v) is 7.55. The highest BCUT2D eigenvalue weighted by atomic mass is 32.1. The van der Waals surface area contributed by atoms with Crippen LogP contribution in [0.3, 0.4) is 0 Å². The van der Waals surface area contributed by atoms with Gasteiger partial charge in [-0.25, -0.2) is 4.79 Å². The van der Waals surface area contributed by atoms with Crippen molar-refractivity contribution in [1.82, 2.24) is 4.90 Å². The van der Waals surface area contributed by atoms with Crippen molar-refractivity contribution in [3.8, 4) is 0 Å². The van der Waals surface area contributed by atoms with Crippen molar-refractivity contribution >= 4 is 17.3 Å². The maximum absolute atomic E-state index is 11.7. The number of rotatable bonds is 6. The Labute approximate surface area is 137 Å². The van der Waals surface area contributed by atoms with Gasteiger partial charge in [0, 0.05) is 24.5 Å². The van der Waals surface area contributed by atoms with Crippen LogP contribution in [0.15, 0.2) is 12.1 Å². The molecule has 0 aromatic carbocycles. The molecule has 1 N–H and O–H groups in total. The van der Waals surface area contributed by atoms with E-state index in [-0.39, 0.29) is 5.97 Å². The summed E-state index contributed by atoms with van der Waals surface area (Å²) in [7, 11) is 0. The fourth-order valence-electron chi connectivity index (χ4n) is 3.27. The van der Waals surface area contributed by atoms with E-state index in [2.05, 4.69) is 18.7 Å². The Bertz CT molecular complexity index is 478. The maximum Gasteiger partial charge on any atom is 0.348 e. The van der Waals surface area contributed by atoms with E-state index in [9.17, 15) is 9.90 Å². The van der Waals surface area contributed by atoms with Gasteiger partial charge in [0.1, 0.15) is 4.88 Å². The Hall–Kier alpha value is -0.910. The summed E-state index contributed by atoms with van der Waals surface area (Å²) in [5.74, 6) is 1.17. The molecular formula is C17H27NO3S. The minimum atomic E-state index is -0.499. The third kappa shape index (κ3) is 4.80. The standard InChI is InChI=1S/C17H27NO3S/c1-4-21-17(20)16-6-5-15(22-16)14(19)7-8-18-10-12(2)9-13(3)11-18/h5-6,12-14,19H,4,7-11H2,1-3H3. The Morgan fingerprint density at radius 2 is 2.09 bits per heavy atom. The van der Waals surface area contributed by atoms with Gasteiger partial charge in [-0.2, -0.15) is 0 Å². The van der Waals surface area contributed by atoms with Crippen molar-refractivity contribution in [2.45, 2.75) is 39.7 Å². The third-order valence-corrected chi connectivity index (χ3v) is 5.26. The first-order valence-electron chi connectivity index (χ1n) is 8.16. The SMILES string of the molecule is CCOC(=O)c1ccc(C(O)CCN2CC(C)CC(C)C2)s1. The Morgan fingerprint density at radius 3 is 2.73 bits per heavy atom. The fourth-order valence-corrected chi connectivity index (χ4v) is 4.19. The number of ether oxygens (including phenoxy) is 1. The maximum atomic E-state index is 11.7. The van der Waals surface area contributed by atoms with Crippen LogP contribution >= 0.6 is 11.3 Å². The monoisotopic (exact) mass is 325 g/mol. The quantitative estimate of drug-likeness (QED) is 0.815. The van der Waals surface area contributed by atoms with Crippen molar-refractivity contribution in [3.63, 3.8) is 0 Å². The summed E-state index contributed by atoms with van der Waals surface area (Å²) >= 11 is 1.33. The van der Waals surface area contributed by atoms with Crippen LogP contribution in [-0.2, 0) is 4.74 Å². The molecule has 0 spiro atoms. The predicted octanol–water partition coefficient (Wildman–Crippen LogP) is 3.33. The summed E-state index contributed by atoms with van der Waals surface area (Å²) in [4.78, 5) is 15.5. The van der Waals surface area contributed by atoms with Crippen LogP contribution in [0, 0.1) is 11.8 Å². The Balaban J connectivity index is 1.84. The molecule has 124 valence electrons. The largest absolute Gasteiger partial charge is 0.462 e. The molecule has 0 aliphatic carbocycles. The van der Waals surface area contributed by atoms with Gasteiger partial charge in [0.15, 0.2) is 0 Å². The Morgan fingerprint density at radius 1 is 1.41 bits per heavy atom. The summed E-state index contributed by atoms with van der Waals surface area (Å²) in [6.45, 7) is 9.91. The van der Waals surface area contributed by atoms with E-state index in [0.717, 1.165) is 36.3 Å². The van der Waals surface area contributed by atoms with E-state index in [1.165, 1.54) is 17.8 Å². The lowest BCUT2D eigenvalue weighted by Gasteiger charge is -2.35. The molecule has 2 rings (SSSR count). The second-order valence-electron chi connectivity index (χ2n) is 6.43. The lowest BCUT2D eigenvalue weighted by atomic mass is 9.92. The summed E-state index contributed by atoms with van der Waals surface area (Å²) < 4.78 is 4.98. The number of piperidine rings is 1. The molecule has 1 aliphatic heterocycles. The van der Waals surface area contributed by atoms with Gasteiger partial charge in [-0.05, 0) is 43.7 Å². The second kappa shape index (κ2) is 8.09. The van der Waals surface area contributed by atoms with E-state index in [4.69, 9.17) is 4.74 Å². The normalized spacial score (nSPS) is 24.2. The summed E-state index contributed by atoms with van der Waals surface area (Å²) in [6.07, 6.45) is 1.51. The van der Waals surface area contributed by atoms with Crippen LogP contribution in [-0.4, -0.2) is 42.2 Å². The minimum Gasteiger partial charge on any atom is -0.462 e. The zero-order valence-electron chi connectivity index (χ0n) is 13.7. The zero-order chi connectivity index (χ0) is 16.1. The molecule has 2 heterocycles. The summed E-state index contributed by atoms with van der Waals surface area (Å²) in [6, 6.07) is 3.58. The number of thiophene rings is 1. The topological polar surface area (TPSA) is 49.8 Å². The molecular weight excluding hydrogens is 298 g/mol. The first kappa shape index (κ1) is 17.4. The van der Waals surface area contributed by atoms with Crippen LogP contribution in [0.1, 0.15) is 54.3 Å². The van der Waals surface area contributed by atoms with Crippen LogP contribution < -0.4 is 0 Å². The smallest absolute Gasteiger partial charge is 0.348 e. The van der Waals surface area contributed by atoms with Crippen LogP contribution in [0.25, 0.3) is 0 Å². The molecule has 3 atom stereocenters. The van der Waals surface area contributed by atoms with Crippen molar-refractivity contribution in [1.29, 1.82) is 0 Å². The first-order valence-corrected chi connectivity index (χ1v) is 8.98. The van der Waals surface area contributed by atoms with Gasteiger partial charge in [-0.15, -0.1) is 11.3 Å². The van der Waals surface area contributed by atoms with E-state index in [0.29, 0.717) is 17.9 Å². The van der Waals surface area contributed by atoms with E-state index >= 15 is 0 Å². The van der Waals surface area contributed by atoms with Crippen molar-refractivity contribution in [2.24, 2.45) is 11.8 Å². The van der Waals surface area contributed by atoms with Crippen LogP contribution in [0.4, 0.5) is 0 Å². The number of esters is 1. The van der Waals surface area contributed by atoms with Crippen molar-refractivity contribution in [3.05, 3.63) is 21.9 Å². The fraction of sp³-hybridized carbons (Fsp3) is 0.706. The Kier molecular flexibility index (Phi) is 6.41. The lowest BCUT2D eigenvalue weighted by molar-refractivity contribution is 0.0532. The molecule has 22 heavy (non-hydrogen) atoms. The number of carbonyl (C=O) groups excluding carboxylic acids is 1. The third-order valence-electron chi connectivity index (χ3n) is 4.10. The summed E-state index contributed by atoms with van der Waals surface area (Å²) in [5, 5.41) is 10.3. The van der Waals surface area contributed by atoms with E-state index in [1.807, 2.05) is 6.07 Å². The molecule has 4 nitrogen and oxygen atoms in total. The van der Waals surface area contributed by atoms with Gasteiger partial charge < -0.3 is 14.7 Å².